The number of imidazole rings is 1. The fraction of sp³-hybridized carbons (Fsp3) is 0.176. The number of thioether (sulfide) groups is 1. The quantitative estimate of drug-likeness (QED) is 0.496. The molecule has 2 heterocycles. The zero-order chi connectivity index (χ0) is 16.9. The molecule has 1 N–H and O–H groups in total. The predicted molar refractivity (Wildman–Crippen MR) is 98.1 cm³/mol. The average molecular weight is 379 g/mol. The summed E-state index contributed by atoms with van der Waals surface area (Å²) in [5, 5.41) is 12.9. The molecule has 0 spiro atoms. The normalized spacial score (nSPS) is 10.9. The van der Waals surface area contributed by atoms with Crippen molar-refractivity contribution in [2.24, 2.45) is 0 Å². The van der Waals surface area contributed by atoms with Gasteiger partial charge in [0.15, 0.2) is 10.9 Å². The van der Waals surface area contributed by atoms with Crippen LogP contribution in [-0.4, -0.2) is 26.2 Å². The summed E-state index contributed by atoms with van der Waals surface area (Å²) in [6.45, 7) is 0.565. The zero-order valence-electron chi connectivity index (χ0n) is 12.7. The molecule has 0 amide bonds. The Morgan fingerprint density at radius 1 is 1.29 bits per heavy atom. The fourth-order valence-corrected chi connectivity index (χ4v) is 3.92. The second kappa shape index (κ2) is 7.98. The van der Waals surface area contributed by atoms with E-state index in [0.29, 0.717) is 17.1 Å². The second-order valence-electron chi connectivity index (χ2n) is 5.07. The van der Waals surface area contributed by atoms with Crippen molar-refractivity contribution in [2.75, 3.05) is 5.75 Å². The first-order valence-corrected chi connectivity index (χ1v) is 9.51. The highest BCUT2D eigenvalue weighted by atomic mass is 35.5. The number of aliphatic hydroxyl groups excluding tert-OH is 1. The van der Waals surface area contributed by atoms with Crippen LogP contribution in [0.15, 0.2) is 53.1 Å². The summed E-state index contributed by atoms with van der Waals surface area (Å²) in [5.41, 5.74) is 1.37. The Morgan fingerprint density at radius 2 is 2.08 bits per heavy atom. The van der Waals surface area contributed by atoms with E-state index >= 15 is 0 Å². The largest absolute Gasteiger partial charge is 0.390 e. The standard InChI is InChI=1S/C17H15ClN2O2S2/c18-13-5-3-12(4-6-13)16(22)11-24-17-19-8-14(10-21)20(17)9-15-2-1-7-23-15/h1-8,21H,9-11H2. The number of hydrogen-bond donors (Lipinski definition) is 1. The van der Waals surface area contributed by atoms with Crippen molar-refractivity contribution in [3.8, 4) is 0 Å². The van der Waals surface area contributed by atoms with Gasteiger partial charge in [0, 0.05) is 15.5 Å². The van der Waals surface area contributed by atoms with Crippen LogP contribution in [0.25, 0.3) is 0 Å². The van der Waals surface area contributed by atoms with E-state index < -0.39 is 0 Å². The SMILES string of the molecule is O=C(CSc1ncc(CO)n1Cc1cccs1)c1ccc(Cl)cc1. The number of ketones is 1. The van der Waals surface area contributed by atoms with E-state index in [1.165, 1.54) is 16.6 Å². The number of nitrogens with zero attached hydrogens (tertiary/aromatic N) is 2. The minimum atomic E-state index is -0.0793. The van der Waals surface area contributed by atoms with Gasteiger partial charge in [-0.05, 0) is 35.7 Å². The van der Waals surface area contributed by atoms with Gasteiger partial charge in [0.05, 0.1) is 30.8 Å². The van der Waals surface area contributed by atoms with E-state index in [2.05, 4.69) is 4.98 Å². The third-order valence-electron chi connectivity index (χ3n) is 3.46. The lowest BCUT2D eigenvalue weighted by atomic mass is 10.1. The van der Waals surface area contributed by atoms with Crippen LogP contribution in [-0.2, 0) is 13.2 Å². The second-order valence-corrected chi connectivity index (χ2v) is 7.49. The van der Waals surface area contributed by atoms with Crippen molar-refractivity contribution < 1.29 is 9.90 Å². The molecule has 0 unspecified atom stereocenters. The van der Waals surface area contributed by atoms with E-state index in [4.69, 9.17) is 11.6 Å². The average Bonchev–Trinajstić information content (AvgIpc) is 3.23. The fourth-order valence-electron chi connectivity index (χ4n) is 2.21. The molecule has 0 saturated heterocycles. The Kier molecular flexibility index (Phi) is 5.73. The van der Waals surface area contributed by atoms with Crippen molar-refractivity contribution in [2.45, 2.75) is 18.3 Å². The number of rotatable bonds is 7. The molecule has 124 valence electrons. The third-order valence-corrected chi connectivity index (χ3v) is 5.56. The van der Waals surface area contributed by atoms with E-state index in [0.717, 1.165) is 10.9 Å². The van der Waals surface area contributed by atoms with Crippen molar-refractivity contribution in [1.29, 1.82) is 0 Å². The molecule has 3 aromatic rings. The van der Waals surface area contributed by atoms with Gasteiger partial charge in [0.2, 0.25) is 0 Å². The molecular weight excluding hydrogens is 364 g/mol. The molecule has 3 rings (SSSR count). The van der Waals surface area contributed by atoms with Gasteiger partial charge in [-0.2, -0.15) is 0 Å². The lowest BCUT2D eigenvalue weighted by Crippen LogP contribution is -2.07. The molecule has 0 bridgehead atoms. The van der Waals surface area contributed by atoms with E-state index in [1.54, 1.807) is 41.8 Å². The number of hydrogen-bond acceptors (Lipinski definition) is 5. The van der Waals surface area contributed by atoms with Crippen LogP contribution in [0.1, 0.15) is 20.9 Å². The minimum Gasteiger partial charge on any atom is -0.390 e. The van der Waals surface area contributed by atoms with Crippen molar-refractivity contribution in [1.82, 2.24) is 9.55 Å². The monoisotopic (exact) mass is 378 g/mol. The van der Waals surface area contributed by atoms with Gasteiger partial charge in [-0.15, -0.1) is 11.3 Å². The van der Waals surface area contributed by atoms with E-state index in [-0.39, 0.29) is 18.1 Å². The molecule has 0 fully saturated rings. The summed E-state index contributed by atoms with van der Waals surface area (Å²) in [6.07, 6.45) is 1.66. The number of halogens is 1. The molecule has 2 aromatic heterocycles. The Balaban J connectivity index is 1.71. The number of thiophene rings is 1. The van der Waals surface area contributed by atoms with Crippen LogP contribution < -0.4 is 0 Å². The summed E-state index contributed by atoms with van der Waals surface area (Å²) in [6, 6.07) is 10.9. The molecule has 1 aromatic carbocycles. The van der Waals surface area contributed by atoms with Gasteiger partial charge in [0.25, 0.3) is 0 Å². The summed E-state index contributed by atoms with van der Waals surface area (Å²) in [7, 11) is 0. The van der Waals surface area contributed by atoms with Crippen molar-refractivity contribution in [3.05, 3.63) is 69.1 Å². The van der Waals surface area contributed by atoms with Gasteiger partial charge in [-0.1, -0.05) is 29.4 Å². The first kappa shape index (κ1) is 17.2. The molecular formula is C17H15ClN2O2S2. The molecule has 4 nitrogen and oxygen atoms in total. The highest BCUT2D eigenvalue weighted by Gasteiger charge is 2.14. The molecule has 0 aliphatic rings. The zero-order valence-corrected chi connectivity index (χ0v) is 15.1. The van der Waals surface area contributed by atoms with Gasteiger partial charge in [-0.3, -0.25) is 4.79 Å². The number of Topliss-reactive ketones (excluding diaryl/α,β-unsaturated/α-hetero) is 1. The first-order chi connectivity index (χ1) is 11.7. The maximum Gasteiger partial charge on any atom is 0.173 e. The smallest absolute Gasteiger partial charge is 0.173 e. The first-order valence-electron chi connectivity index (χ1n) is 7.26. The van der Waals surface area contributed by atoms with Crippen LogP contribution in [0.4, 0.5) is 0 Å². The summed E-state index contributed by atoms with van der Waals surface area (Å²) in [5.74, 6) is 0.307. The van der Waals surface area contributed by atoms with Crippen LogP contribution >= 0.6 is 34.7 Å². The molecule has 7 heteroatoms. The molecule has 0 saturated carbocycles. The molecule has 0 aliphatic heterocycles. The Morgan fingerprint density at radius 3 is 2.75 bits per heavy atom. The number of carbonyl (C=O) groups excluding carboxylic acids is 1. The number of benzene rings is 1. The van der Waals surface area contributed by atoms with E-state index in [1.807, 2.05) is 22.1 Å². The summed E-state index contributed by atoms with van der Waals surface area (Å²) in [4.78, 5) is 17.8. The third kappa shape index (κ3) is 4.08. The Labute approximate surface area is 153 Å². The lowest BCUT2D eigenvalue weighted by molar-refractivity contribution is 0.102. The van der Waals surface area contributed by atoms with Crippen molar-refractivity contribution in [3.63, 3.8) is 0 Å². The predicted octanol–water partition coefficient (Wildman–Crippen LogP) is 4.11. The number of carbonyl (C=O) groups is 1. The Hall–Kier alpha value is -1.60. The molecule has 0 radical (unpaired) electrons. The van der Waals surface area contributed by atoms with Crippen LogP contribution in [0.5, 0.6) is 0 Å². The maximum absolute atomic E-state index is 12.3. The maximum atomic E-state index is 12.3. The topological polar surface area (TPSA) is 55.1 Å². The van der Waals surface area contributed by atoms with Crippen LogP contribution in [0.3, 0.4) is 0 Å². The summed E-state index contributed by atoms with van der Waals surface area (Å²) < 4.78 is 1.95. The van der Waals surface area contributed by atoms with Gasteiger partial charge in [-0.25, -0.2) is 4.98 Å². The molecule has 24 heavy (non-hydrogen) atoms. The van der Waals surface area contributed by atoms with E-state index in [9.17, 15) is 9.90 Å². The van der Waals surface area contributed by atoms with Crippen molar-refractivity contribution >= 4 is 40.5 Å². The van der Waals surface area contributed by atoms with Gasteiger partial charge in [0.1, 0.15) is 0 Å². The molecule has 0 atom stereocenters. The minimum absolute atomic E-state index is 0.0212. The summed E-state index contributed by atoms with van der Waals surface area (Å²) >= 11 is 8.87. The highest BCUT2D eigenvalue weighted by Crippen LogP contribution is 2.23. The highest BCUT2D eigenvalue weighted by molar-refractivity contribution is 7.99. The van der Waals surface area contributed by atoms with Gasteiger partial charge >= 0.3 is 0 Å². The van der Waals surface area contributed by atoms with Crippen LogP contribution in [0, 0.1) is 0 Å². The molecule has 0 aliphatic carbocycles. The lowest BCUT2D eigenvalue weighted by Gasteiger charge is -2.09. The number of aliphatic hydroxyl groups is 1. The number of aromatic nitrogens is 2. The van der Waals surface area contributed by atoms with Crippen LogP contribution in [0.2, 0.25) is 5.02 Å². The van der Waals surface area contributed by atoms with Gasteiger partial charge < -0.3 is 9.67 Å². The Bertz CT molecular complexity index is 814.